The fraction of sp³-hybridized carbons (Fsp3) is 0.538. The van der Waals surface area contributed by atoms with E-state index in [2.05, 4.69) is 11.9 Å². The molecule has 1 heterocycles. The summed E-state index contributed by atoms with van der Waals surface area (Å²) in [6, 6.07) is 4.69. The highest BCUT2D eigenvalue weighted by molar-refractivity contribution is 5.52. The number of hydrogen-bond donors (Lipinski definition) is 1. The summed E-state index contributed by atoms with van der Waals surface area (Å²) >= 11 is 0. The van der Waals surface area contributed by atoms with Crippen LogP contribution in [0.2, 0.25) is 0 Å². The van der Waals surface area contributed by atoms with E-state index in [1.165, 1.54) is 25.0 Å². The first-order valence-electron chi connectivity index (χ1n) is 6.05. The van der Waals surface area contributed by atoms with E-state index < -0.39 is 0 Å². The quantitative estimate of drug-likeness (QED) is 0.821. The third kappa shape index (κ3) is 3.09. The Labute approximate surface area is 101 Å². The number of piperidine rings is 1. The van der Waals surface area contributed by atoms with Gasteiger partial charge in [-0.15, -0.1) is 0 Å². The number of anilines is 1. The molecule has 1 aromatic rings. The second kappa shape index (κ2) is 5.36. The number of rotatable bonds is 3. The molecule has 94 valence electrons. The average molecular weight is 238 g/mol. The van der Waals surface area contributed by atoms with Gasteiger partial charge in [-0.3, -0.25) is 0 Å². The van der Waals surface area contributed by atoms with Crippen LogP contribution in [0.5, 0.6) is 5.75 Å². The van der Waals surface area contributed by atoms with Crippen LogP contribution in [0.15, 0.2) is 18.2 Å². The first-order chi connectivity index (χ1) is 8.16. The minimum Gasteiger partial charge on any atom is -0.490 e. The fourth-order valence-corrected chi connectivity index (χ4v) is 2.19. The van der Waals surface area contributed by atoms with E-state index >= 15 is 0 Å². The summed E-state index contributed by atoms with van der Waals surface area (Å²) < 4.78 is 18.5. The lowest BCUT2D eigenvalue weighted by Gasteiger charge is -2.32. The summed E-state index contributed by atoms with van der Waals surface area (Å²) in [5.74, 6) is 0.245. The average Bonchev–Trinajstić information content (AvgIpc) is 2.30. The van der Waals surface area contributed by atoms with Crippen LogP contribution in [0.25, 0.3) is 0 Å². The van der Waals surface area contributed by atoms with E-state index in [1.807, 2.05) is 0 Å². The number of nitrogen functional groups attached to an aromatic ring is 1. The van der Waals surface area contributed by atoms with Gasteiger partial charge in [0, 0.05) is 12.1 Å². The topological polar surface area (TPSA) is 38.5 Å². The van der Waals surface area contributed by atoms with Gasteiger partial charge < -0.3 is 15.4 Å². The molecule has 3 nitrogen and oxygen atoms in total. The van der Waals surface area contributed by atoms with Crippen LogP contribution in [-0.2, 0) is 0 Å². The molecule has 1 atom stereocenters. The first-order valence-corrected chi connectivity index (χ1v) is 6.05. The summed E-state index contributed by atoms with van der Waals surface area (Å²) in [5.41, 5.74) is 6.06. The van der Waals surface area contributed by atoms with E-state index in [0.29, 0.717) is 24.1 Å². The molecule has 1 aromatic carbocycles. The van der Waals surface area contributed by atoms with Gasteiger partial charge in [-0.2, -0.15) is 0 Å². The maximum Gasteiger partial charge on any atom is 0.142 e. The van der Waals surface area contributed by atoms with E-state index in [1.54, 1.807) is 6.07 Å². The van der Waals surface area contributed by atoms with Crippen LogP contribution in [0.4, 0.5) is 10.1 Å². The minimum absolute atomic E-state index is 0.329. The zero-order valence-corrected chi connectivity index (χ0v) is 10.2. The van der Waals surface area contributed by atoms with Crippen molar-refractivity contribution >= 4 is 5.69 Å². The Kier molecular flexibility index (Phi) is 3.84. The zero-order valence-electron chi connectivity index (χ0n) is 10.2. The van der Waals surface area contributed by atoms with Gasteiger partial charge in [0.25, 0.3) is 0 Å². The van der Waals surface area contributed by atoms with Gasteiger partial charge in [-0.05, 0) is 38.6 Å². The van der Waals surface area contributed by atoms with E-state index in [4.69, 9.17) is 10.5 Å². The molecule has 0 saturated carbocycles. The Morgan fingerprint density at radius 1 is 1.47 bits per heavy atom. The van der Waals surface area contributed by atoms with Crippen LogP contribution >= 0.6 is 0 Å². The highest BCUT2D eigenvalue weighted by Crippen LogP contribution is 2.23. The molecule has 2 N–H and O–H groups in total. The molecule has 1 saturated heterocycles. The molecule has 0 amide bonds. The SMILES string of the molecule is CN1CCCCC1COc1ccc(F)cc1N. The molecule has 0 aromatic heterocycles. The number of nitrogens with two attached hydrogens (primary N) is 1. The molecule has 0 bridgehead atoms. The van der Waals surface area contributed by atoms with Crippen molar-refractivity contribution in [3.05, 3.63) is 24.0 Å². The fourth-order valence-electron chi connectivity index (χ4n) is 2.19. The van der Waals surface area contributed by atoms with Gasteiger partial charge in [0.1, 0.15) is 18.2 Å². The largest absolute Gasteiger partial charge is 0.490 e. The Morgan fingerprint density at radius 3 is 3.00 bits per heavy atom. The third-order valence-electron chi connectivity index (χ3n) is 3.32. The molecular weight excluding hydrogens is 219 g/mol. The zero-order chi connectivity index (χ0) is 12.3. The number of likely N-dealkylation sites (tertiary alicyclic amines) is 1. The monoisotopic (exact) mass is 238 g/mol. The number of likely N-dealkylation sites (N-methyl/N-ethyl adjacent to an activating group) is 1. The number of ether oxygens (including phenoxy) is 1. The second-order valence-corrected chi connectivity index (χ2v) is 4.62. The molecule has 1 fully saturated rings. The van der Waals surface area contributed by atoms with Gasteiger partial charge in [-0.25, -0.2) is 4.39 Å². The summed E-state index contributed by atoms with van der Waals surface area (Å²) in [6.45, 7) is 1.74. The maximum atomic E-state index is 12.9. The Balaban J connectivity index is 1.92. The Bertz CT molecular complexity index is 384. The molecule has 17 heavy (non-hydrogen) atoms. The molecule has 4 heteroatoms. The number of hydrogen-bond acceptors (Lipinski definition) is 3. The highest BCUT2D eigenvalue weighted by atomic mass is 19.1. The summed E-state index contributed by atoms with van der Waals surface area (Å²) in [6.07, 6.45) is 3.65. The molecule has 0 aliphatic carbocycles. The first kappa shape index (κ1) is 12.2. The van der Waals surface area contributed by atoms with Crippen molar-refractivity contribution in [2.45, 2.75) is 25.3 Å². The van der Waals surface area contributed by atoms with Crippen LogP contribution in [0, 0.1) is 5.82 Å². The molecule has 1 unspecified atom stereocenters. The molecular formula is C13H19FN2O. The molecule has 0 spiro atoms. The van der Waals surface area contributed by atoms with Crippen molar-refractivity contribution in [2.75, 3.05) is 25.9 Å². The van der Waals surface area contributed by atoms with E-state index in [9.17, 15) is 4.39 Å². The smallest absolute Gasteiger partial charge is 0.142 e. The molecule has 1 aliphatic heterocycles. The predicted molar refractivity (Wildman–Crippen MR) is 66.6 cm³/mol. The number of benzene rings is 1. The van der Waals surface area contributed by atoms with Gasteiger partial charge >= 0.3 is 0 Å². The van der Waals surface area contributed by atoms with Crippen molar-refractivity contribution in [3.8, 4) is 5.75 Å². The lowest BCUT2D eigenvalue weighted by atomic mass is 10.0. The van der Waals surface area contributed by atoms with Crippen molar-refractivity contribution in [3.63, 3.8) is 0 Å². The van der Waals surface area contributed by atoms with Crippen LogP contribution < -0.4 is 10.5 Å². The Hall–Kier alpha value is -1.29. The van der Waals surface area contributed by atoms with Crippen molar-refractivity contribution in [2.24, 2.45) is 0 Å². The van der Waals surface area contributed by atoms with E-state index in [0.717, 1.165) is 13.0 Å². The summed E-state index contributed by atoms with van der Waals surface area (Å²) in [5, 5.41) is 0. The van der Waals surface area contributed by atoms with Crippen molar-refractivity contribution < 1.29 is 9.13 Å². The molecule has 2 rings (SSSR count). The number of halogens is 1. The van der Waals surface area contributed by atoms with Crippen LogP contribution in [0.1, 0.15) is 19.3 Å². The lowest BCUT2D eigenvalue weighted by Crippen LogP contribution is -2.40. The maximum absolute atomic E-state index is 12.9. The van der Waals surface area contributed by atoms with Gasteiger partial charge in [0.15, 0.2) is 0 Å². The third-order valence-corrected chi connectivity index (χ3v) is 3.32. The second-order valence-electron chi connectivity index (χ2n) is 4.62. The van der Waals surface area contributed by atoms with Crippen LogP contribution in [0.3, 0.4) is 0 Å². The normalized spacial score (nSPS) is 21.4. The highest BCUT2D eigenvalue weighted by Gasteiger charge is 2.19. The van der Waals surface area contributed by atoms with Crippen molar-refractivity contribution in [1.29, 1.82) is 0 Å². The summed E-state index contributed by atoms with van der Waals surface area (Å²) in [4.78, 5) is 2.31. The standard InChI is InChI=1S/C13H19FN2O/c1-16-7-3-2-4-11(16)9-17-13-6-5-10(14)8-12(13)15/h5-6,8,11H,2-4,7,9,15H2,1H3. The predicted octanol–water partition coefficient (Wildman–Crippen LogP) is 2.27. The summed E-state index contributed by atoms with van der Waals surface area (Å²) in [7, 11) is 2.11. The Morgan fingerprint density at radius 2 is 2.29 bits per heavy atom. The van der Waals surface area contributed by atoms with Gasteiger partial charge in [0.2, 0.25) is 0 Å². The van der Waals surface area contributed by atoms with Crippen molar-refractivity contribution in [1.82, 2.24) is 4.90 Å². The molecule has 1 aliphatic rings. The van der Waals surface area contributed by atoms with Gasteiger partial charge in [-0.1, -0.05) is 6.42 Å². The minimum atomic E-state index is -0.329. The van der Waals surface area contributed by atoms with Gasteiger partial charge in [0.05, 0.1) is 5.69 Å². The van der Waals surface area contributed by atoms with Crippen LogP contribution in [-0.4, -0.2) is 31.1 Å². The molecule has 0 radical (unpaired) electrons. The van der Waals surface area contributed by atoms with E-state index in [-0.39, 0.29) is 5.82 Å². The lowest BCUT2D eigenvalue weighted by molar-refractivity contribution is 0.125. The number of nitrogens with zero attached hydrogens (tertiary/aromatic N) is 1.